The smallest absolute Gasteiger partial charge is 0.248 e. The van der Waals surface area contributed by atoms with Crippen molar-refractivity contribution in [3.8, 4) is 0 Å². The molecule has 1 rings (SSSR count). The van der Waals surface area contributed by atoms with Crippen molar-refractivity contribution in [3.63, 3.8) is 0 Å². The highest BCUT2D eigenvalue weighted by Crippen LogP contribution is 2.22. The third kappa shape index (κ3) is 2.96. The molecule has 1 N–H and O–H groups in total. The minimum Gasteiger partial charge on any atom is -0.393 e. The van der Waals surface area contributed by atoms with Gasteiger partial charge in [-0.2, -0.15) is 0 Å². The number of hydrogen-bond acceptors (Lipinski definition) is 3. The van der Waals surface area contributed by atoms with Crippen LogP contribution in [0.25, 0.3) is 0 Å². The fraction of sp³-hybridized carbons (Fsp3) is 0.900. The van der Waals surface area contributed by atoms with Crippen LogP contribution in [0.15, 0.2) is 0 Å². The Balaban J connectivity index is 2.37. The average molecular weight is 201 g/mol. The van der Waals surface area contributed by atoms with Crippen molar-refractivity contribution < 1.29 is 14.6 Å². The van der Waals surface area contributed by atoms with Crippen LogP contribution in [0, 0.1) is 0 Å². The van der Waals surface area contributed by atoms with Crippen LogP contribution >= 0.6 is 0 Å². The Morgan fingerprint density at radius 2 is 2.00 bits per heavy atom. The van der Waals surface area contributed by atoms with Crippen molar-refractivity contribution in [2.75, 3.05) is 20.8 Å². The molecule has 0 aliphatic heterocycles. The molecule has 1 aliphatic rings. The first-order valence-corrected chi connectivity index (χ1v) is 5.07. The first kappa shape index (κ1) is 11.5. The molecule has 4 nitrogen and oxygen atoms in total. The molecule has 1 amide bonds. The van der Waals surface area contributed by atoms with Crippen LogP contribution in [-0.4, -0.2) is 48.8 Å². The van der Waals surface area contributed by atoms with Crippen LogP contribution in [0.1, 0.15) is 25.7 Å². The highest BCUT2D eigenvalue weighted by molar-refractivity contribution is 5.77. The molecule has 0 heterocycles. The summed E-state index contributed by atoms with van der Waals surface area (Å²) in [5.41, 5.74) is 0. The van der Waals surface area contributed by atoms with Gasteiger partial charge < -0.3 is 14.7 Å². The molecule has 14 heavy (non-hydrogen) atoms. The molecule has 4 heteroatoms. The first-order valence-electron chi connectivity index (χ1n) is 5.07. The maximum absolute atomic E-state index is 11.5. The number of hydrogen-bond donors (Lipinski definition) is 1. The van der Waals surface area contributed by atoms with Crippen molar-refractivity contribution >= 4 is 5.91 Å². The lowest BCUT2D eigenvalue weighted by Gasteiger charge is -2.32. The van der Waals surface area contributed by atoms with E-state index in [0.29, 0.717) is 0 Å². The second-order valence-electron chi connectivity index (χ2n) is 3.90. The molecule has 0 unspecified atom stereocenters. The molecule has 0 aromatic rings. The first-order chi connectivity index (χ1) is 6.65. The molecule has 0 saturated heterocycles. The molecule has 0 spiro atoms. The summed E-state index contributed by atoms with van der Waals surface area (Å²) in [7, 11) is 3.33. The largest absolute Gasteiger partial charge is 0.393 e. The molecular weight excluding hydrogens is 182 g/mol. The Labute approximate surface area is 84.8 Å². The van der Waals surface area contributed by atoms with E-state index in [1.54, 1.807) is 4.90 Å². The van der Waals surface area contributed by atoms with E-state index in [1.165, 1.54) is 7.11 Å². The second-order valence-corrected chi connectivity index (χ2v) is 3.90. The predicted octanol–water partition coefficient (Wildman–Crippen LogP) is 0.395. The molecule has 0 aromatic carbocycles. The van der Waals surface area contributed by atoms with Gasteiger partial charge in [-0.05, 0) is 25.7 Å². The zero-order chi connectivity index (χ0) is 10.6. The van der Waals surface area contributed by atoms with Crippen molar-refractivity contribution in [3.05, 3.63) is 0 Å². The topological polar surface area (TPSA) is 49.8 Å². The van der Waals surface area contributed by atoms with Gasteiger partial charge in [-0.3, -0.25) is 4.79 Å². The lowest BCUT2D eigenvalue weighted by atomic mass is 9.92. The Hall–Kier alpha value is -0.610. The number of ether oxygens (including phenoxy) is 1. The molecular formula is C10H19NO3. The van der Waals surface area contributed by atoms with Gasteiger partial charge in [0, 0.05) is 20.2 Å². The zero-order valence-corrected chi connectivity index (χ0v) is 8.90. The highest BCUT2D eigenvalue weighted by Gasteiger charge is 2.25. The van der Waals surface area contributed by atoms with Gasteiger partial charge in [0.2, 0.25) is 5.91 Å². The van der Waals surface area contributed by atoms with E-state index in [2.05, 4.69) is 0 Å². The summed E-state index contributed by atoms with van der Waals surface area (Å²) in [6.45, 7) is 0.148. The molecule has 1 fully saturated rings. The highest BCUT2D eigenvalue weighted by atomic mass is 16.5. The lowest BCUT2D eigenvalue weighted by Crippen LogP contribution is -2.41. The number of amides is 1. The van der Waals surface area contributed by atoms with Crippen molar-refractivity contribution in [2.24, 2.45) is 0 Å². The van der Waals surface area contributed by atoms with E-state index in [9.17, 15) is 9.90 Å². The number of likely N-dealkylation sites (N-methyl/N-ethyl adjacent to an activating group) is 1. The summed E-state index contributed by atoms with van der Waals surface area (Å²) in [5.74, 6) is 0.0221. The van der Waals surface area contributed by atoms with Crippen LogP contribution in [0.2, 0.25) is 0 Å². The van der Waals surface area contributed by atoms with Crippen LogP contribution in [0.3, 0.4) is 0 Å². The van der Waals surface area contributed by atoms with E-state index in [0.717, 1.165) is 25.7 Å². The molecule has 0 bridgehead atoms. The quantitative estimate of drug-likeness (QED) is 0.719. The van der Waals surface area contributed by atoms with Crippen molar-refractivity contribution in [2.45, 2.75) is 37.8 Å². The lowest BCUT2D eigenvalue weighted by molar-refractivity contribution is -0.136. The standard InChI is InChI=1S/C10H19NO3/c1-11(10(13)7-14-2)8-3-5-9(12)6-4-8/h8-9,12H,3-7H2,1-2H3/t8-,9+. The van der Waals surface area contributed by atoms with Crippen LogP contribution in [-0.2, 0) is 9.53 Å². The number of aliphatic hydroxyl groups excluding tert-OH is 1. The van der Waals surface area contributed by atoms with Gasteiger partial charge in [0.1, 0.15) is 6.61 Å². The Morgan fingerprint density at radius 3 is 2.50 bits per heavy atom. The van der Waals surface area contributed by atoms with Gasteiger partial charge in [-0.15, -0.1) is 0 Å². The van der Waals surface area contributed by atoms with E-state index in [1.807, 2.05) is 7.05 Å². The summed E-state index contributed by atoms with van der Waals surface area (Å²) in [6.07, 6.45) is 3.22. The summed E-state index contributed by atoms with van der Waals surface area (Å²) in [5, 5.41) is 9.32. The molecule has 0 aromatic heterocycles. The minimum atomic E-state index is -0.169. The third-order valence-electron chi connectivity index (χ3n) is 2.88. The molecule has 1 saturated carbocycles. The number of aliphatic hydroxyl groups is 1. The maximum atomic E-state index is 11.5. The molecule has 82 valence electrons. The Kier molecular flexibility index (Phi) is 4.35. The van der Waals surface area contributed by atoms with Gasteiger partial charge in [0.25, 0.3) is 0 Å². The van der Waals surface area contributed by atoms with E-state index >= 15 is 0 Å². The maximum Gasteiger partial charge on any atom is 0.248 e. The summed E-state index contributed by atoms with van der Waals surface area (Å²) in [6, 6.07) is 0.279. The van der Waals surface area contributed by atoms with Gasteiger partial charge in [0.05, 0.1) is 6.10 Å². The fourth-order valence-corrected chi connectivity index (χ4v) is 1.87. The number of rotatable bonds is 3. The normalized spacial score (nSPS) is 27.4. The van der Waals surface area contributed by atoms with Crippen LogP contribution < -0.4 is 0 Å². The van der Waals surface area contributed by atoms with Crippen molar-refractivity contribution in [1.29, 1.82) is 0 Å². The molecule has 1 aliphatic carbocycles. The van der Waals surface area contributed by atoms with Crippen LogP contribution in [0.4, 0.5) is 0 Å². The summed E-state index contributed by atoms with van der Waals surface area (Å²) < 4.78 is 4.80. The summed E-state index contributed by atoms with van der Waals surface area (Å²) in [4.78, 5) is 13.2. The zero-order valence-electron chi connectivity index (χ0n) is 8.90. The molecule has 0 atom stereocenters. The van der Waals surface area contributed by atoms with Gasteiger partial charge in [0.15, 0.2) is 0 Å². The van der Waals surface area contributed by atoms with E-state index in [-0.39, 0.29) is 24.7 Å². The Bertz CT molecular complexity index is 188. The Morgan fingerprint density at radius 1 is 1.43 bits per heavy atom. The fourth-order valence-electron chi connectivity index (χ4n) is 1.87. The monoisotopic (exact) mass is 201 g/mol. The third-order valence-corrected chi connectivity index (χ3v) is 2.88. The average Bonchev–Trinajstić information content (AvgIpc) is 2.18. The summed E-state index contributed by atoms with van der Waals surface area (Å²) >= 11 is 0. The predicted molar refractivity (Wildman–Crippen MR) is 52.9 cm³/mol. The van der Waals surface area contributed by atoms with E-state index < -0.39 is 0 Å². The van der Waals surface area contributed by atoms with Gasteiger partial charge in [-0.1, -0.05) is 0 Å². The van der Waals surface area contributed by atoms with Gasteiger partial charge in [-0.25, -0.2) is 0 Å². The number of carbonyl (C=O) groups excluding carboxylic acids is 1. The van der Waals surface area contributed by atoms with E-state index in [4.69, 9.17) is 4.74 Å². The number of carbonyl (C=O) groups is 1. The minimum absolute atomic E-state index is 0.0221. The number of methoxy groups -OCH3 is 1. The van der Waals surface area contributed by atoms with Crippen molar-refractivity contribution in [1.82, 2.24) is 4.90 Å². The van der Waals surface area contributed by atoms with Crippen LogP contribution in [0.5, 0.6) is 0 Å². The second kappa shape index (κ2) is 5.32. The number of nitrogens with zero attached hydrogens (tertiary/aromatic N) is 1. The SMILES string of the molecule is COCC(=O)N(C)[C@H]1CC[C@@H](O)CC1. The molecule has 0 radical (unpaired) electrons. The van der Waals surface area contributed by atoms with Gasteiger partial charge >= 0.3 is 0 Å².